The molecule has 0 spiro atoms. The number of hydrogen-bond donors (Lipinski definition) is 2. The van der Waals surface area contributed by atoms with Gasteiger partial charge in [0.1, 0.15) is 0 Å². The highest BCUT2D eigenvalue weighted by Gasteiger charge is 2.24. The second kappa shape index (κ2) is 5.67. The average Bonchev–Trinajstić information content (AvgIpc) is 2.58. The van der Waals surface area contributed by atoms with Crippen LogP contribution in [-0.4, -0.2) is 31.9 Å². The van der Waals surface area contributed by atoms with Crippen molar-refractivity contribution < 1.29 is 13.5 Å². The molecule has 1 aliphatic rings. The molecule has 1 aliphatic carbocycles. The molecule has 0 aromatic rings. The van der Waals surface area contributed by atoms with Gasteiger partial charge in [0.25, 0.3) is 0 Å². The van der Waals surface area contributed by atoms with Gasteiger partial charge in [0, 0.05) is 6.54 Å². The first-order valence-corrected chi connectivity index (χ1v) is 7.98. The van der Waals surface area contributed by atoms with Crippen molar-refractivity contribution in [1.82, 2.24) is 4.72 Å². The average molecular weight is 263 g/mol. The molecular formula is C12H25NO3S. The van der Waals surface area contributed by atoms with E-state index >= 15 is 0 Å². The van der Waals surface area contributed by atoms with Crippen LogP contribution in [0.3, 0.4) is 0 Å². The molecule has 2 unspecified atom stereocenters. The molecule has 0 aromatic heterocycles. The first kappa shape index (κ1) is 14.9. The molecule has 0 aromatic carbocycles. The lowest BCUT2D eigenvalue weighted by Gasteiger charge is -2.18. The van der Waals surface area contributed by atoms with E-state index in [0.717, 1.165) is 19.3 Å². The Morgan fingerprint density at radius 2 is 1.94 bits per heavy atom. The predicted octanol–water partition coefficient (Wildman–Crippen LogP) is 1.50. The minimum absolute atomic E-state index is 0.0400. The molecule has 17 heavy (non-hydrogen) atoms. The van der Waals surface area contributed by atoms with Gasteiger partial charge in [-0.1, -0.05) is 20.8 Å². The van der Waals surface area contributed by atoms with Gasteiger partial charge in [0.15, 0.2) is 0 Å². The summed E-state index contributed by atoms with van der Waals surface area (Å²) < 4.78 is 26.1. The fraction of sp³-hybridized carbons (Fsp3) is 1.00. The summed E-state index contributed by atoms with van der Waals surface area (Å²) in [6, 6.07) is 0. The van der Waals surface area contributed by atoms with Crippen LogP contribution >= 0.6 is 0 Å². The Kier molecular flexibility index (Phi) is 4.98. The van der Waals surface area contributed by atoms with E-state index < -0.39 is 10.0 Å². The minimum Gasteiger partial charge on any atom is -0.393 e. The molecule has 1 rings (SSSR count). The number of rotatable bonds is 5. The minimum atomic E-state index is -3.15. The molecule has 2 N–H and O–H groups in total. The van der Waals surface area contributed by atoms with Crippen molar-refractivity contribution in [3.63, 3.8) is 0 Å². The third kappa shape index (κ3) is 6.38. The summed E-state index contributed by atoms with van der Waals surface area (Å²) in [4.78, 5) is 0. The van der Waals surface area contributed by atoms with Gasteiger partial charge in [-0.15, -0.1) is 0 Å². The predicted molar refractivity (Wildman–Crippen MR) is 69.2 cm³/mol. The summed E-state index contributed by atoms with van der Waals surface area (Å²) in [5.41, 5.74) is 0.0400. The number of hydrogen-bond acceptors (Lipinski definition) is 3. The molecule has 0 bridgehead atoms. The lowest BCUT2D eigenvalue weighted by atomic mass is 9.94. The highest BCUT2D eigenvalue weighted by molar-refractivity contribution is 7.89. The van der Waals surface area contributed by atoms with Crippen LogP contribution < -0.4 is 4.72 Å². The molecule has 4 nitrogen and oxygen atoms in total. The van der Waals surface area contributed by atoms with Crippen LogP contribution in [0.2, 0.25) is 0 Å². The summed E-state index contributed by atoms with van der Waals surface area (Å²) in [7, 11) is -3.15. The van der Waals surface area contributed by atoms with Crippen LogP contribution in [0.25, 0.3) is 0 Å². The fourth-order valence-corrected chi connectivity index (χ4v) is 3.51. The standard InChI is InChI=1S/C12H25NO3S/c1-12(2,3)6-7-17(15,16)13-9-10-4-5-11(14)8-10/h10-11,13-14H,4-9H2,1-3H3. The smallest absolute Gasteiger partial charge is 0.211 e. The van der Waals surface area contributed by atoms with E-state index in [1.807, 2.05) is 20.8 Å². The Hall–Kier alpha value is -0.130. The highest BCUT2D eigenvalue weighted by Crippen LogP contribution is 2.25. The van der Waals surface area contributed by atoms with Crippen LogP contribution in [0.1, 0.15) is 46.5 Å². The number of nitrogens with one attached hydrogen (secondary N) is 1. The molecule has 0 amide bonds. The molecule has 5 heteroatoms. The maximum absolute atomic E-state index is 11.7. The van der Waals surface area contributed by atoms with Crippen LogP contribution in [0.5, 0.6) is 0 Å². The van der Waals surface area contributed by atoms with Crippen LogP contribution in [0.4, 0.5) is 0 Å². The van der Waals surface area contributed by atoms with E-state index in [4.69, 9.17) is 0 Å². The largest absolute Gasteiger partial charge is 0.393 e. The van der Waals surface area contributed by atoms with E-state index in [1.165, 1.54) is 0 Å². The Morgan fingerprint density at radius 3 is 2.41 bits per heavy atom. The van der Waals surface area contributed by atoms with Crippen molar-refractivity contribution in [3.8, 4) is 0 Å². The maximum atomic E-state index is 11.7. The van der Waals surface area contributed by atoms with Crippen molar-refractivity contribution in [2.75, 3.05) is 12.3 Å². The van der Waals surface area contributed by atoms with Crippen LogP contribution in [0.15, 0.2) is 0 Å². The number of aliphatic hydroxyl groups is 1. The summed E-state index contributed by atoms with van der Waals surface area (Å²) in [6.45, 7) is 6.59. The molecule has 0 saturated heterocycles. The van der Waals surface area contributed by atoms with E-state index in [0.29, 0.717) is 18.9 Å². The van der Waals surface area contributed by atoms with Gasteiger partial charge in [-0.05, 0) is 37.0 Å². The number of sulfonamides is 1. The van der Waals surface area contributed by atoms with Gasteiger partial charge < -0.3 is 5.11 Å². The van der Waals surface area contributed by atoms with E-state index in [1.54, 1.807) is 0 Å². The summed E-state index contributed by atoms with van der Waals surface area (Å²) in [5.74, 6) is 0.487. The summed E-state index contributed by atoms with van der Waals surface area (Å²) >= 11 is 0. The monoisotopic (exact) mass is 263 g/mol. The van der Waals surface area contributed by atoms with Crippen LogP contribution in [-0.2, 0) is 10.0 Å². The lowest BCUT2D eigenvalue weighted by molar-refractivity contribution is 0.178. The zero-order chi connectivity index (χ0) is 13.1. The third-order valence-electron chi connectivity index (χ3n) is 3.23. The van der Waals surface area contributed by atoms with Crippen molar-refractivity contribution in [3.05, 3.63) is 0 Å². The quantitative estimate of drug-likeness (QED) is 0.790. The Balaban J connectivity index is 2.30. The van der Waals surface area contributed by atoms with Crippen LogP contribution in [0, 0.1) is 11.3 Å². The molecule has 0 radical (unpaired) electrons. The second-order valence-corrected chi connectivity index (χ2v) is 8.24. The topological polar surface area (TPSA) is 66.4 Å². The summed E-state index contributed by atoms with van der Waals surface area (Å²) in [6.07, 6.45) is 2.87. The summed E-state index contributed by atoms with van der Waals surface area (Å²) in [5, 5.41) is 9.36. The zero-order valence-corrected chi connectivity index (χ0v) is 11.9. The normalized spacial score (nSPS) is 26.4. The van der Waals surface area contributed by atoms with Crippen molar-refractivity contribution >= 4 is 10.0 Å². The molecule has 0 aliphatic heterocycles. The first-order valence-electron chi connectivity index (χ1n) is 6.33. The molecule has 0 heterocycles. The van der Waals surface area contributed by atoms with E-state index in [-0.39, 0.29) is 17.3 Å². The van der Waals surface area contributed by atoms with E-state index in [9.17, 15) is 13.5 Å². The first-order chi connectivity index (χ1) is 7.68. The van der Waals surface area contributed by atoms with Crippen molar-refractivity contribution in [2.45, 2.75) is 52.6 Å². The molecule has 1 fully saturated rings. The van der Waals surface area contributed by atoms with Gasteiger partial charge in [-0.25, -0.2) is 13.1 Å². The van der Waals surface area contributed by atoms with Gasteiger partial charge in [-0.3, -0.25) is 0 Å². The van der Waals surface area contributed by atoms with Gasteiger partial charge in [0.2, 0.25) is 10.0 Å². The maximum Gasteiger partial charge on any atom is 0.211 e. The molecule has 2 atom stereocenters. The van der Waals surface area contributed by atoms with Gasteiger partial charge >= 0.3 is 0 Å². The third-order valence-corrected chi connectivity index (χ3v) is 4.57. The Bertz CT molecular complexity index is 332. The van der Waals surface area contributed by atoms with Crippen molar-refractivity contribution in [1.29, 1.82) is 0 Å². The molecular weight excluding hydrogens is 238 g/mol. The SMILES string of the molecule is CC(C)(C)CCS(=O)(=O)NCC1CCC(O)C1. The van der Waals surface area contributed by atoms with Gasteiger partial charge in [-0.2, -0.15) is 0 Å². The number of aliphatic hydroxyl groups excluding tert-OH is 1. The molecule has 102 valence electrons. The molecule has 1 saturated carbocycles. The zero-order valence-electron chi connectivity index (χ0n) is 11.1. The second-order valence-electron chi connectivity index (χ2n) is 6.31. The Labute approximate surface area is 105 Å². The van der Waals surface area contributed by atoms with Gasteiger partial charge in [0.05, 0.1) is 11.9 Å². The lowest BCUT2D eigenvalue weighted by Crippen LogP contribution is -2.32. The van der Waals surface area contributed by atoms with Crippen molar-refractivity contribution in [2.24, 2.45) is 11.3 Å². The fourth-order valence-electron chi connectivity index (χ4n) is 1.99. The van der Waals surface area contributed by atoms with E-state index in [2.05, 4.69) is 4.72 Å². The Morgan fingerprint density at radius 1 is 1.29 bits per heavy atom. The highest BCUT2D eigenvalue weighted by atomic mass is 32.2.